The summed E-state index contributed by atoms with van der Waals surface area (Å²) in [4.78, 5) is 0. The van der Waals surface area contributed by atoms with Gasteiger partial charge in [-0.15, -0.1) is 0 Å². The van der Waals surface area contributed by atoms with Crippen molar-refractivity contribution in [3.8, 4) is 0 Å². The van der Waals surface area contributed by atoms with Gasteiger partial charge in [0.05, 0.1) is 6.10 Å². The van der Waals surface area contributed by atoms with Gasteiger partial charge in [0.2, 0.25) is 0 Å². The van der Waals surface area contributed by atoms with Crippen molar-refractivity contribution in [1.82, 2.24) is 4.57 Å². The topological polar surface area (TPSA) is 25.2 Å². The number of aliphatic hydroxyl groups excluding tert-OH is 1. The van der Waals surface area contributed by atoms with Crippen LogP contribution in [0.15, 0.2) is 24.4 Å². The fraction of sp³-hybridized carbons (Fsp3) is 0.600. The summed E-state index contributed by atoms with van der Waals surface area (Å²) in [6.45, 7) is 4.51. The molecule has 1 atom stereocenters. The van der Waals surface area contributed by atoms with Crippen LogP contribution in [0.1, 0.15) is 56.5 Å². The monoisotopic (exact) mass is 231 g/mol. The Hall–Kier alpha value is -1.02. The maximum absolute atomic E-state index is 10.2. The predicted octanol–water partition coefficient (Wildman–Crippen LogP) is 3.39. The molecule has 1 heterocycles. The fourth-order valence-corrected chi connectivity index (χ4v) is 3.32. The fourth-order valence-electron chi connectivity index (χ4n) is 3.32. The zero-order valence-electron chi connectivity index (χ0n) is 10.7. The van der Waals surface area contributed by atoms with E-state index in [9.17, 15) is 5.11 Å². The Labute approximate surface area is 103 Å². The second-order valence-electron chi connectivity index (χ2n) is 6.28. The maximum atomic E-state index is 10.2. The van der Waals surface area contributed by atoms with Gasteiger partial charge in [0.15, 0.2) is 0 Å². The Kier molecular flexibility index (Phi) is 2.44. The molecule has 1 aromatic heterocycles. The molecule has 1 unspecified atom stereocenters. The molecule has 3 rings (SSSR count). The van der Waals surface area contributed by atoms with Gasteiger partial charge in [0.25, 0.3) is 0 Å². The number of fused-ring (bicyclic) bond motifs is 1. The summed E-state index contributed by atoms with van der Waals surface area (Å²) in [5, 5.41) is 10.2. The number of hydrogen-bond acceptors (Lipinski definition) is 1. The molecule has 0 spiro atoms. The third kappa shape index (κ3) is 1.85. The summed E-state index contributed by atoms with van der Waals surface area (Å²) in [5.74, 6) is 0. The Morgan fingerprint density at radius 2 is 2.00 bits per heavy atom. The third-order valence-corrected chi connectivity index (χ3v) is 4.19. The molecule has 0 radical (unpaired) electrons. The van der Waals surface area contributed by atoms with E-state index < -0.39 is 0 Å². The van der Waals surface area contributed by atoms with E-state index in [1.165, 1.54) is 5.69 Å². The molecule has 17 heavy (non-hydrogen) atoms. The SMILES string of the molecule is CC1(C)Cc2c(ccn2C2CC=CC2)C(O)C1. The van der Waals surface area contributed by atoms with E-state index in [0.29, 0.717) is 6.04 Å². The van der Waals surface area contributed by atoms with Crippen molar-refractivity contribution in [3.63, 3.8) is 0 Å². The van der Waals surface area contributed by atoms with Gasteiger partial charge >= 0.3 is 0 Å². The van der Waals surface area contributed by atoms with Crippen molar-refractivity contribution < 1.29 is 5.11 Å². The summed E-state index contributed by atoms with van der Waals surface area (Å²) in [6.07, 6.45) is 10.7. The molecule has 0 aliphatic heterocycles. The maximum Gasteiger partial charge on any atom is 0.0812 e. The summed E-state index contributed by atoms with van der Waals surface area (Å²) in [7, 11) is 0. The van der Waals surface area contributed by atoms with Crippen LogP contribution < -0.4 is 0 Å². The molecule has 0 fully saturated rings. The van der Waals surface area contributed by atoms with Gasteiger partial charge < -0.3 is 9.67 Å². The highest BCUT2D eigenvalue weighted by Crippen LogP contribution is 2.42. The number of aromatic nitrogens is 1. The molecule has 0 bridgehead atoms. The molecule has 0 saturated heterocycles. The molecule has 0 aromatic carbocycles. The molecular weight excluding hydrogens is 210 g/mol. The van der Waals surface area contributed by atoms with E-state index in [0.717, 1.165) is 31.2 Å². The second kappa shape index (κ2) is 3.74. The molecule has 2 aliphatic carbocycles. The lowest BCUT2D eigenvalue weighted by Gasteiger charge is -2.34. The van der Waals surface area contributed by atoms with Gasteiger partial charge in [-0.2, -0.15) is 0 Å². The normalized spacial score (nSPS) is 27.4. The molecule has 92 valence electrons. The first-order chi connectivity index (χ1) is 8.07. The van der Waals surface area contributed by atoms with Crippen LogP contribution >= 0.6 is 0 Å². The lowest BCUT2D eigenvalue weighted by Crippen LogP contribution is -2.27. The van der Waals surface area contributed by atoms with E-state index in [-0.39, 0.29) is 11.5 Å². The predicted molar refractivity (Wildman–Crippen MR) is 68.9 cm³/mol. The summed E-state index contributed by atoms with van der Waals surface area (Å²) in [6, 6.07) is 2.70. The van der Waals surface area contributed by atoms with Crippen molar-refractivity contribution >= 4 is 0 Å². The average Bonchev–Trinajstić information content (AvgIpc) is 2.82. The number of rotatable bonds is 1. The Morgan fingerprint density at radius 3 is 2.71 bits per heavy atom. The van der Waals surface area contributed by atoms with Crippen molar-refractivity contribution in [2.24, 2.45) is 5.41 Å². The largest absolute Gasteiger partial charge is 0.388 e. The molecule has 0 saturated carbocycles. The average molecular weight is 231 g/mol. The molecule has 1 aromatic rings. The Morgan fingerprint density at radius 1 is 1.29 bits per heavy atom. The van der Waals surface area contributed by atoms with E-state index in [4.69, 9.17) is 0 Å². The summed E-state index contributed by atoms with van der Waals surface area (Å²) < 4.78 is 2.40. The molecular formula is C15H21NO. The van der Waals surface area contributed by atoms with Crippen LogP contribution in [-0.4, -0.2) is 9.67 Å². The highest BCUT2D eigenvalue weighted by molar-refractivity contribution is 5.30. The Balaban J connectivity index is 1.98. The van der Waals surface area contributed by atoms with E-state index in [2.05, 4.69) is 42.8 Å². The number of nitrogens with zero attached hydrogens (tertiary/aromatic N) is 1. The highest BCUT2D eigenvalue weighted by Gasteiger charge is 2.34. The number of aliphatic hydroxyl groups is 1. The van der Waals surface area contributed by atoms with Crippen LogP contribution in [0.3, 0.4) is 0 Å². The molecule has 0 amide bonds. The minimum Gasteiger partial charge on any atom is -0.388 e. The molecule has 1 N–H and O–H groups in total. The van der Waals surface area contributed by atoms with Gasteiger partial charge in [-0.3, -0.25) is 0 Å². The second-order valence-corrected chi connectivity index (χ2v) is 6.28. The zero-order chi connectivity index (χ0) is 12.0. The Bertz CT molecular complexity index is 447. The molecule has 2 aliphatic rings. The first-order valence-electron chi connectivity index (χ1n) is 6.59. The van der Waals surface area contributed by atoms with Crippen molar-refractivity contribution in [2.75, 3.05) is 0 Å². The van der Waals surface area contributed by atoms with E-state index >= 15 is 0 Å². The smallest absolute Gasteiger partial charge is 0.0812 e. The lowest BCUT2D eigenvalue weighted by molar-refractivity contribution is 0.0975. The summed E-state index contributed by atoms with van der Waals surface area (Å²) >= 11 is 0. The van der Waals surface area contributed by atoms with Gasteiger partial charge in [-0.25, -0.2) is 0 Å². The van der Waals surface area contributed by atoms with Crippen molar-refractivity contribution in [1.29, 1.82) is 0 Å². The standard InChI is InChI=1S/C15H21NO/c1-15(2)9-13-12(14(17)10-15)7-8-16(13)11-5-3-4-6-11/h3-4,7-8,11,14,17H,5-6,9-10H2,1-2H3. The molecule has 2 heteroatoms. The van der Waals surface area contributed by atoms with Crippen LogP contribution in [-0.2, 0) is 6.42 Å². The van der Waals surface area contributed by atoms with Gasteiger partial charge in [0.1, 0.15) is 0 Å². The lowest BCUT2D eigenvalue weighted by atomic mass is 9.75. The third-order valence-electron chi connectivity index (χ3n) is 4.19. The first-order valence-corrected chi connectivity index (χ1v) is 6.59. The van der Waals surface area contributed by atoms with Crippen LogP contribution in [0.2, 0.25) is 0 Å². The van der Waals surface area contributed by atoms with Crippen molar-refractivity contribution in [3.05, 3.63) is 35.7 Å². The van der Waals surface area contributed by atoms with Crippen LogP contribution in [0.4, 0.5) is 0 Å². The van der Waals surface area contributed by atoms with Gasteiger partial charge in [-0.1, -0.05) is 26.0 Å². The number of hydrogen-bond donors (Lipinski definition) is 1. The minimum atomic E-state index is -0.274. The van der Waals surface area contributed by atoms with Crippen LogP contribution in [0, 0.1) is 5.41 Å². The first kappa shape index (κ1) is 11.1. The minimum absolute atomic E-state index is 0.217. The van der Waals surface area contributed by atoms with E-state index in [1.807, 2.05) is 0 Å². The van der Waals surface area contributed by atoms with Crippen molar-refractivity contribution in [2.45, 2.75) is 51.7 Å². The molecule has 2 nitrogen and oxygen atoms in total. The number of allylic oxidation sites excluding steroid dienone is 2. The van der Waals surface area contributed by atoms with Crippen LogP contribution in [0.5, 0.6) is 0 Å². The van der Waals surface area contributed by atoms with Gasteiger partial charge in [0, 0.05) is 23.5 Å². The van der Waals surface area contributed by atoms with E-state index in [1.54, 1.807) is 0 Å². The van der Waals surface area contributed by atoms with Crippen LogP contribution in [0.25, 0.3) is 0 Å². The highest BCUT2D eigenvalue weighted by atomic mass is 16.3. The summed E-state index contributed by atoms with van der Waals surface area (Å²) in [5.41, 5.74) is 2.74. The zero-order valence-corrected chi connectivity index (χ0v) is 10.7. The van der Waals surface area contributed by atoms with Gasteiger partial charge in [-0.05, 0) is 37.2 Å². The quantitative estimate of drug-likeness (QED) is 0.736.